The van der Waals surface area contributed by atoms with Crippen LogP contribution in [0.15, 0.2) is 24.7 Å². The van der Waals surface area contributed by atoms with Gasteiger partial charge in [0.1, 0.15) is 5.82 Å². The lowest BCUT2D eigenvalue weighted by Crippen LogP contribution is -2.20. The van der Waals surface area contributed by atoms with Crippen molar-refractivity contribution in [3.05, 3.63) is 30.4 Å². The Bertz CT molecular complexity index is 575. The summed E-state index contributed by atoms with van der Waals surface area (Å²) in [6.45, 7) is 5.90. The maximum atomic E-state index is 5.70. The summed E-state index contributed by atoms with van der Waals surface area (Å²) < 4.78 is 5.54. The molecule has 2 aromatic rings. The van der Waals surface area contributed by atoms with Gasteiger partial charge in [-0.1, -0.05) is 0 Å². The van der Waals surface area contributed by atoms with E-state index in [0.717, 1.165) is 12.1 Å². The normalized spacial score (nSPS) is 12.2. The Morgan fingerprint density at radius 3 is 2.71 bits per heavy atom. The van der Waals surface area contributed by atoms with Crippen LogP contribution in [0.5, 0.6) is 5.88 Å². The molecule has 0 aliphatic carbocycles. The monoisotopic (exact) mass is 288 g/mol. The molecule has 0 saturated carbocycles. The second kappa shape index (κ2) is 6.83. The van der Waals surface area contributed by atoms with Gasteiger partial charge in [0.05, 0.1) is 11.8 Å². The fourth-order valence-corrected chi connectivity index (χ4v) is 1.87. The lowest BCUT2D eigenvalue weighted by Gasteiger charge is -2.15. The van der Waals surface area contributed by atoms with Crippen LogP contribution >= 0.6 is 0 Å². The maximum Gasteiger partial charge on any atom is 0.225 e. The van der Waals surface area contributed by atoms with Gasteiger partial charge in [0.15, 0.2) is 0 Å². The van der Waals surface area contributed by atoms with E-state index in [1.54, 1.807) is 24.7 Å². The van der Waals surface area contributed by atoms with Gasteiger partial charge >= 0.3 is 0 Å². The molecule has 0 spiro atoms. The quantitative estimate of drug-likeness (QED) is 0.834. The fraction of sp³-hybridized carbons (Fsp3) is 0.429. The number of ether oxygens (including phenoxy) is 1. The molecule has 0 aromatic carbocycles. The number of rotatable bonds is 6. The number of nitrogens with one attached hydrogen (secondary N) is 1. The Morgan fingerprint density at radius 2 is 2.05 bits per heavy atom. The first kappa shape index (κ1) is 15.0. The fourth-order valence-electron chi connectivity index (χ4n) is 1.87. The largest absolute Gasteiger partial charge is 0.475 e. The molecule has 3 N–H and O–H groups in total. The Kier molecular flexibility index (Phi) is 4.86. The Hall–Kier alpha value is -2.44. The van der Waals surface area contributed by atoms with E-state index in [1.165, 1.54) is 0 Å². The molecule has 2 heterocycles. The first-order valence-electron chi connectivity index (χ1n) is 6.85. The lowest BCUT2D eigenvalue weighted by atomic mass is 10.2. The van der Waals surface area contributed by atoms with Crippen molar-refractivity contribution in [1.29, 1.82) is 0 Å². The van der Waals surface area contributed by atoms with Gasteiger partial charge in [-0.15, -0.1) is 0 Å². The maximum absolute atomic E-state index is 5.70. The molecular formula is C14H20N6O. The predicted octanol–water partition coefficient (Wildman–Crippen LogP) is 1.68. The molecular weight excluding hydrogens is 268 g/mol. The van der Waals surface area contributed by atoms with Crippen LogP contribution in [-0.4, -0.2) is 32.1 Å². The van der Waals surface area contributed by atoms with Gasteiger partial charge in [0.2, 0.25) is 11.8 Å². The highest BCUT2D eigenvalue weighted by atomic mass is 16.5. The van der Waals surface area contributed by atoms with Crippen molar-refractivity contribution >= 4 is 11.8 Å². The number of nitrogens with zero attached hydrogens (tertiary/aromatic N) is 4. The van der Waals surface area contributed by atoms with Crippen molar-refractivity contribution in [1.82, 2.24) is 19.9 Å². The predicted molar refractivity (Wildman–Crippen MR) is 81.0 cm³/mol. The second-order valence-corrected chi connectivity index (χ2v) is 5.06. The number of hydrogen-bond donors (Lipinski definition) is 2. The van der Waals surface area contributed by atoms with E-state index in [9.17, 15) is 0 Å². The molecule has 0 amide bonds. The molecule has 7 nitrogen and oxygen atoms in total. The van der Waals surface area contributed by atoms with Crippen LogP contribution in [0.25, 0.3) is 0 Å². The molecule has 0 aliphatic heterocycles. The Balaban J connectivity index is 2.03. The molecule has 0 radical (unpaired) electrons. The van der Waals surface area contributed by atoms with E-state index in [1.807, 2.05) is 20.8 Å². The van der Waals surface area contributed by atoms with Crippen LogP contribution in [0, 0.1) is 0 Å². The molecule has 0 saturated heterocycles. The molecule has 21 heavy (non-hydrogen) atoms. The van der Waals surface area contributed by atoms with Gasteiger partial charge in [0, 0.05) is 37.1 Å². The zero-order valence-corrected chi connectivity index (χ0v) is 12.4. The van der Waals surface area contributed by atoms with Gasteiger partial charge in [-0.2, -0.15) is 9.97 Å². The number of nitrogens with two attached hydrogens (primary N) is 1. The minimum atomic E-state index is 0.0316. The summed E-state index contributed by atoms with van der Waals surface area (Å²) in [7, 11) is 0. The molecule has 0 aliphatic rings. The number of aromatic nitrogens is 4. The molecule has 2 rings (SSSR count). The smallest absolute Gasteiger partial charge is 0.225 e. The van der Waals surface area contributed by atoms with Gasteiger partial charge in [-0.3, -0.25) is 9.97 Å². The summed E-state index contributed by atoms with van der Waals surface area (Å²) in [5, 5.41) is 3.27. The average Bonchev–Trinajstić information content (AvgIpc) is 2.37. The topological polar surface area (TPSA) is 98.8 Å². The molecule has 112 valence electrons. The van der Waals surface area contributed by atoms with Crippen LogP contribution in [0.3, 0.4) is 0 Å². The van der Waals surface area contributed by atoms with Crippen LogP contribution in [-0.2, 0) is 6.42 Å². The van der Waals surface area contributed by atoms with Crippen molar-refractivity contribution in [2.75, 3.05) is 11.1 Å². The number of nitrogen functional groups attached to an aromatic ring is 1. The summed E-state index contributed by atoms with van der Waals surface area (Å²) in [5.41, 5.74) is 6.61. The number of anilines is 2. The zero-order valence-electron chi connectivity index (χ0n) is 12.4. The zero-order chi connectivity index (χ0) is 15.2. The van der Waals surface area contributed by atoms with Crippen LogP contribution in [0.1, 0.15) is 26.5 Å². The molecule has 1 atom stereocenters. The van der Waals surface area contributed by atoms with Crippen molar-refractivity contribution in [3.63, 3.8) is 0 Å². The van der Waals surface area contributed by atoms with Crippen molar-refractivity contribution in [3.8, 4) is 5.88 Å². The van der Waals surface area contributed by atoms with E-state index < -0.39 is 0 Å². The van der Waals surface area contributed by atoms with Gasteiger partial charge in [-0.05, 0) is 20.8 Å². The highest BCUT2D eigenvalue weighted by Gasteiger charge is 2.09. The lowest BCUT2D eigenvalue weighted by molar-refractivity contribution is 0.233. The van der Waals surface area contributed by atoms with Gasteiger partial charge in [0.25, 0.3) is 0 Å². The molecule has 0 bridgehead atoms. The number of hydrogen-bond acceptors (Lipinski definition) is 7. The molecule has 0 fully saturated rings. The van der Waals surface area contributed by atoms with E-state index in [0.29, 0.717) is 11.7 Å². The van der Waals surface area contributed by atoms with E-state index in [4.69, 9.17) is 10.5 Å². The van der Waals surface area contributed by atoms with E-state index in [2.05, 4.69) is 25.3 Å². The summed E-state index contributed by atoms with van der Waals surface area (Å²) >= 11 is 0. The summed E-state index contributed by atoms with van der Waals surface area (Å²) in [6.07, 6.45) is 5.85. The van der Waals surface area contributed by atoms with E-state index in [-0.39, 0.29) is 18.1 Å². The Morgan fingerprint density at radius 1 is 1.24 bits per heavy atom. The summed E-state index contributed by atoms with van der Waals surface area (Å²) in [4.78, 5) is 16.5. The highest BCUT2D eigenvalue weighted by molar-refractivity contribution is 5.43. The van der Waals surface area contributed by atoms with Crippen LogP contribution in [0.4, 0.5) is 11.8 Å². The van der Waals surface area contributed by atoms with Crippen molar-refractivity contribution in [2.24, 2.45) is 0 Å². The SMILES string of the molecule is CC(C)Oc1cc(N[C@H](C)Cc2cnccn2)nc(N)n1. The molecule has 2 aromatic heterocycles. The minimum Gasteiger partial charge on any atom is -0.475 e. The minimum absolute atomic E-state index is 0.0316. The van der Waals surface area contributed by atoms with Crippen LogP contribution in [0.2, 0.25) is 0 Å². The van der Waals surface area contributed by atoms with Crippen molar-refractivity contribution in [2.45, 2.75) is 39.3 Å². The summed E-state index contributed by atoms with van der Waals surface area (Å²) in [6, 6.07) is 1.87. The van der Waals surface area contributed by atoms with Gasteiger partial charge in [-0.25, -0.2) is 0 Å². The Labute approximate surface area is 124 Å². The third-order valence-electron chi connectivity index (χ3n) is 2.60. The standard InChI is InChI=1S/C14H20N6O/c1-9(2)21-13-7-12(19-14(15)20-13)18-10(3)6-11-8-16-4-5-17-11/h4-5,7-10H,6H2,1-3H3,(H3,15,18,19,20)/t10-/m1/s1. The molecule has 0 unspecified atom stereocenters. The van der Waals surface area contributed by atoms with Crippen molar-refractivity contribution < 1.29 is 4.74 Å². The summed E-state index contributed by atoms with van der Waals surface area (Å²) in [5.74, 6) is 1.28. The van der Waals surface area contributed by atoms with E-state index >= 15 is 0 Å². The first-order valence-corrected chi connectivity index (χ1v) is 6.85. The van der Waals surface area contributed by atoms with Crippen LogP contribution < -0.4 is 15.8 Å². The van der Waals surface area contributed by atoms with Gasteiger partial charge < -0.3 is 15.8 Å². The average molecular weight is 288 g/mol. The molecule has 7 heteroatoms. The first-order chi connectivity index (χ1) is 10.0. The highest BCUT2D eigenvalue weighted by Crippen LogP contribution is 2.17. The third-order valence-corrected chi connectivity index (χ3v) is 2.60. The second-order valence-electron chi connectivity index (χ2n) is 5.06. The third kappa shape index (κ3) is 4.87.